The number of nitrogens with one attached hydrogen (secondary N) is 1. The van der Waals surface area contributed by atoms with Crippen LogP contribution in [0, 0.1) is 0 Å². The van der Waals surface area contributed by atoms with Crippen LogP contribution in [-0.4, -0.2) is 22.8 Å². The van der Waals surface area contributed by atoms with Gasteiger partial charge in [-0.1, -0.05) is 0 Å². The van der Waals surface area contributed by atoms with Crippen molar-refractivity contribution in [3.05, 3.63) is 16.3 Å². The summed E-state index contributed by atoms with van der Waals surface area (Å²) in [5, 5.41) is 0.884. The lowest BCUT2D eigenvalue weighted by Gasteiger charge is -2.09. The molecule has 21 heavy (non-hydrogen) atoms. The summed E-state index contributed by atoms with van der Waals surface area (Å²) < 4.78 is 40.8. The number of nitrogen functional groups attached to an aromatic ring is 1. The van der Waals surface area contributed by atoms with Gasteiger partial charge in [0.2, 0.25) is 0 Å². The molecule has 2 aromatic heterocycles. The van der Waals surface area contributed by atoms with Crippen LogP contribution in [0.15, 0.2) is 0 Å². The molecule has 9 heteroatoms. The SMILES string of the molecule is NNc1nc(COCC(F)(F)F)nc2sc3c(c12)CCC3. The predicted octanol–water partition coefficient (Wildman–Crippen LogP) is 2.54. The van der Waals surface area contributed by atoms with E-state index < -0.39 is 12.8 Å². The van der Waals surface area contributed by atoms with Crippen molar-refractivity contribution in [3.63, 3.8) is 0 Å². The molecule has 0 spiro atoms. The predicted molar refractivity (Wildman–Crippen MR) is 73.0 cm³/mol. The monoisotopic (exact) mass is 318 g/mol. The lowest BCUT2D eigenvalue weighted by Crippen LogP contribution is -2.18. The lowest BCUT2D eigenvalue weighted by atomic mass is 10.2. The van der Waals surface area contributed by atoms with Crippen LogP contribution in [0.1, 0.15) is 22.7 Å². The van der Waals surface area contributed by atoms with Crippen LogP contribution < -0.4 is 11.3 Å². The van der Waals surface area contributed by atoms with E-state index in [-0.39, 0.29) is 12.4 Å². The zero-order valence-corrected chi connectivity index (χ0v) is 11.8. The van der Waals surface area contributed by atoms with E-state index in [0.29, 0.717) is 5.82 Å². The van der Waals surface area contributed by atoms with E-state index in [2.05, 4.69) is 20.1 Å². The molecule has 0 fully saturated rings. The van der Waals surface area contributed by atoms with Crippen molar-refractivity contribution < 1.29 is 17.9 Å². The largest absolute Gasteiger partial charge is 0.411 e. The highest BCUT2D eigenvalue weighted by molar-refractivity contribution is 7.19. The molecule has 0 radical (unpaired) electrons. The Morgan fingerprint density at radius 2 is 2.10 bits per heavy atom. The van der Waals surface area contributed by atoms with Gasteiger partial charge in [-0.15, -0.1) is 11.3 Å². The highest BCUT2D eigenvalue weighted by atomic mass is 32.1. The Balaban J connectivity index is 1.88. The van der Waals surface area contributed by atoms with Crippen LogP contribution in [0.2, 0.25) is 0 Å². The van der Waals surface area contributed by atoms with Gasteiger partial charge in [0, 0.05) is 4.88 Å². The average molecular weight is 318 g/mol. The maximum Gasteiger partial charge on any atom is 0.411 e. The third-order valence-electron chi connectivity index (χ3n) is 3.24. The number of halogens is 3. The number of nitrogens with zero attached hydrogens (tertiary/aromatic N) is 2. The summed E-state index contributed by atoms with van der Waals surface area (Å²) in [6.07, 6.45) is -1.31. The summed E-state index contributed by atoms with van der Waals surface area (Å²) >= 11 is 1.54. The Labute approximate surface area is 122 Å². The van der Waals surface area contributed by atoms with Crippen LogP contribution in [0.5, 0.6) is 0 Å². The number of hydrazine groups is 1. The van der Waals surface area contributed by atoms with Crippen molar-refractivity contribution in [3.8, 4) is 0 Å². The Morgan fingerprint density at radius 1 is 1.29 bits per heavy atom. The lowest BCUT2D eigenvalue weighted by molar-refractivity contribution is -0.177. The van der Waals surface area contributed by atoms with Gasteiger partial charge in [-0.3, -0.25) is 0 Å². The molecule has 0 saturated carbocycles. The first kappa shape index (κ1) is 14.5. The third kappa shape index (κ3) is 2.94. The van der Waals surface area contributed by atoms with E-state index in [9.17, 15) is 13.2 Å². The van der Waals surface area contributed by atoms with Gasteiger partial charge in [-0.05, 0) is 24.8 Å². The normalized spacial score (nSPS) is 14.7. The van der Waals surface area contributed by atoms with Crippen molar-refractivity contribution in [1.29, 1.82) is 0 Å². The summed E-state index contributed by atoms with van der Waals surface area (Å²) in [5.74, 6) is 6.12. The van der Waals surface area contributed by atoms with Crippen LogP contribution >= 0.6 is 11.3 Å². The Kier molecular flexibility index (Phi) is 3.72. The molecule has 5 nitrogen and oxygen atoms in total. The van der Waals surface area contributed by atoms with Gasteiger partial charge in [0.15, 0.2) is 11.6 Å². The van der Waals surface area contributed by atoms with E-state index in [4.69, 9.17) is 5.84 Å². The number of nitrogens with two attached hydrogens (primary N) is 1. The van der Waals surface area contributed by atoms with E-state index in [1.807, 2.05) is 0 Å². The molecule has 114 valence electrons. The summed E-state index contributed by atoms with van der Waals surface area (Å²) in [7, 11) is 0. The first-order valence-electron chi connectivity index (χ1n) is 6.40. The third-order valence-corrected chi connectivity index (χ3v) is 4.43. The number of hydrogen-bond donors (Lipinski definition) is 2. The first-order valence-corrected chi connectivity index (χ1v) is 7.22. The zero-order valence-electron chi connectivity index (χ0n) is 11.0. The number of alkyl halides is 3. The number of aryl methyl sites for hydroxylation is 2. The van der Waals surface area contributed by atoms with E-state index in [0.717, 1.165) is 29.5 Å². The molecule has 3 N–H and O–H groups in total. The molecule has 1 aliphatic rings. The zero-order chi connectivity index (χ0) is 15.0. The second kappa shape index (κ2) is 5.39. The van der Waals surface area contributed by atoms with Crippen molar-refractivity contribution in [2.24, 2.45) is 5.84 Å². The molecule has 0 saturated heterocycles. The molecule has 0 amide bonds. The highest BCUT2D eigenvalue weighted by Crippen LogP contribution is 2.39. The second-order valence-electron chi connectivity index (χ2n) is 4.78. The molecule has 0 bridgehead atoms. The second-order valence-corrected chi connectivity index (χ2v) is 5.86. The van der Waals surface area contributed by atoms with E-state index in [1.165, 1.54) is 10.4 Å². The fourth-order valence-corrected chi connectivity index (χ4v) is 3.75. The number of ether oxygens (including phenoxy) is 1. The van der Waals surface area contributed by atoms with Gasteiger partial charge in [0.1, 0.15) is 18.0 Å². The van der Waals surface area contributed by atoms with Crippen molar-refractivity contribution in [2.45, 2.75) is 32.0 Å². The molecule has 0 unspecified atom stereocenters. The molecular weight excluding hydrogens is 305 g/mol. The quantitative estimate of drug-likeness (QED) is 0.669. The van der Waals surface area contributed by atoms with Crippen LogP contribution in [0.3, 0.4) is 0 Å². The maximum atomic E-state index is 12.1. The molecule has 2 heterocycles. The minimum absolute atomic E-state index is 0.194. The Morgan fingerprint density at radius 3 is 2.81 bits per heavy atom. The summed E-state index contributed by atoms with van der Waals surface area (Å²) in [6, 6.07) is 0. The van der Waals surface area contributed by atoms with Gasteiger partial charge < -0.3 is 10.2 Å². The highest BCUT2D eigenvalue weighted by Gasteiger charge is 2.28. The molecule has 1 aliphatic carbocycles. The van der Waals surface area contributed by atoms with Crippen LogP contribution in [0.4, 0.5) is 19.0 Å². The molecule has 0 aliphatic heterocycles. The van der Waals surface area contributed by atoms with E-state index >= 15 is 0 Å². The summed E-state index contributed by atoms with van der Waals surface area (Å²) in [4.78, 5) is 10.4. The summed E-state index contributed by atoms with van der Waals surface area (Å²) in [6.45, 7) is -1.62. The maximum absolute atomic E-state index is 12.1. The van der Waals surface area contributed by atoms with Crippen molar-refractivity contribution >= 4 is 27.4 Å². The van der Waals surface area contributed by atoms with Crippen molar-refractivity contribution in [2.75, 3.05) is 12.0 Å². The Hall–Kier alpha value is -1.45. The number of fused-ring (bicyclic) bond motifs is 3. The van der Waals surface area contributed by atoms with Gasteiger partial charge in [-0.25, -0.2) is 15.8 Å². The standard InChI is InChI=1S/C12H13F3N4OS/c13-12(14,15)5-20-4-8-17-10(19-16)9-6-2-1-3-7(6)21-11(9)18-8/h1-5,16H2,(H,17,18,19). The minimum Gasteiger partial charge on any atom is -0.364 e. The fourth-order valence-electron chi connectivity index (χ4n) is 2.47. The van der Waals surface area contributed by atoms with Gasteiger partial charge in [-0.2, -0.15) is 13.2 Å². The van der Waals surface area contributed by atoms with Gasteiger partial charge in [0.05, 0.1) is 5.39 Å². The minimum atomic E-state index is -4.36. The number of anilines is 1. The molecule has 0 aromatic carbocycles. The Bertz CT molecular complexity index is 671. The molecular formula is C12H13F3N4OS. The fraction of sp³-hybridized carbons (Fsp3) is 0.500. The molecule has 2 aromatic rings. The van der Waals surface area contributed by atoms with Crippen LogP contribution in [-0.2, 0) is 24.2 Å². The number of thiophene rings is 1. The van der Waals surface area contributed by atoms with Gasteiger partial charge >= 0.3 is 6.18 Å². The number of rotatable bonds is 4. The first-order chi connectivity index (χ1) is 9.98. The smallest absolute Gasteiger partial charge is 0.364 e. The topological polar surface area (TPSA) is 73.1 Å². The van der Waals surface area contributed by atoms with Crippen LogP contribution in [0.25, 0.3) is 10.2 Å². The van der Waals surface area contributed by atoms with Gasteiger partial charge in [0.25, 0.3) is 0 Å². The number of hydrogen-bond acceptors (Lipinski definition) is 6. The van der Waals surface area contributed by atoms with E-state index in [1.54, 1.807) is 11.3 Å². The summed E-state index contributed by atoms with van der Waals surface area (Å²) in [5.41, 5.74) is 3.71. The van der Waals surface area contributed by atoms with Crippen molar-refractivity contribution in [1.82, 2.24) is 9.97 Å². The average Bonchev–Trinajstić information content (AvgIpc) is 2.96. The molecule has 0 atom stereocenters. The number of aromatic nitrogens is 2. The molecule has 3 rings (SSSR count).